The van der Waals surface area contributed by atoms with Crippen molar-refractivity contribution in [3.05, 3.63) is 42.1 Å². The molecule has 0 aliphatic carbocycles. The Bertz CT molecular complexity index is 588. The van der Waals surface area contributed by atoms with E-state index in [1.165, 1.54) is 17.9 Å². The van der Waals surface area contributed by atoms with Crippen LogP contribution in [-0.4, -0.2) is 29.3 Å². The van der Waals surface area contributed by atoms with Crippen molar-refractivity contribution < 1.29 is 0 Å². The van der Waals surface area contributed by atoms with E-state index in [9.17, 15) is 0 Å². The Morgan fingerprint density at radius 3 is 3.00 bits per heavy atom. The van der Waals surface area contributed by atoms with E-state index in [0.29, 0.717) is 6.54 Å². The lowest BCUT2D eigenvalue weighted by molar-refractivity contribution is 0.845. The molecule has 0 saturated heterocycles. The molecule has 90 valence electrons. The van der Waals surface area contributed by atoms with Gasteiger partial charge in [-0.2, -0.15) is 5.10 Å². The lowest BCUT2D eigenvalue weighted by Gasteiger charge is -2.04. The lowest BCUT2D eigenvalue weighted by atomic mass is 10.4. The van der Waals surface area contributed by atoms with Gasteiger partial charge in [0.2, 0.25) is 0 Å². The van der Waals surface area contributed by atoms with Crippen LogP contribution in [0.15, 0.2) is 36.4 Å². The molecule has 3 rings (SSSR count). The van der Waals surface area contributed by atoms with E-state index in [1.807, 2.05) is 17.5 Å². The Morgan fingerprint density at radius 2 is 2.33 bits per heavy atom. The van der Waals surface area contributed by atoms with E-state index < -0.39 is 0 Å². The minimum Gasteiger partial charge on any atom is -0.378 e. The summed E-state index contributed by atoms with van der Waals surface area (Å²) in [5, 5.41) is 13.1. The number of hydrogen-bond donors (Lipinski definition) is 1. The predicted octanol–water partition coefficient (Wildman–Crippen LogP) is 1.13. The van der Waals surface area contributed by atoms with Crippen LogP contribution >= 0.6 is 11.5 Å². The predicted molar refractivity (Wildman–Crippen MR) is 66.4 cm³/mol. The molecular formula is C10H9N7S. The van der Waals surface area contributed by atoms with Gasteiger partial charge in [-0.3, -0.25) is 0 Å². The normalized spacial score (nSPS) is 10.4. The average Bonchev–Trinajstić information content (AvgIpc) is 3.10. The van der Waals surface area contributed by atoms with E-state index in [0.717, 1.165) is 17.2 Å². The minimum absolute atomic E-state index is 0.640. The fourth-order valence-electron chi connectivity index (χ4n) is 1.41. The van der Waals surface area contributed by atoms with E-state index in [2.05, 4.69) is 30.0 Å². The zero-order valence-corrected chi connectivity index (χ0v) is 10.1. The second-order valence-corrected chi connectivity index (χ2v) is 4.10. The second kappa shape index (κ2) is 4.88. The molecule has 0 fully saturated rings. The quantitative estimate of drug-likeness (QED) is 0.756. The van der Waals surface area contributed by atoms with Crippen LogP contribution in [0, 0.1) is 0 Å². The van der Waals surface area contributed by atoms with Gasteiger partial charge in [0.15, 0.2) is 5.82 Å². The molecule has 0 bridgehead atoms. The van der Waals surface area contributed by atoms with Gasteiger partial charge in [0, 0.05) is 5.38 Å². The minimum atomic E-state index is 0.640. The number of aromatic nitrogens is 6. The largest absolute Gasteiger partial charge is 0.378 e. The highest BCUT2D eigenvalue weighted by atomic mass is 32.1. The van der Waals surface area contributed by atoms with Crippen LogP contribution in [-0.2, 0) is 6.54 Å². The summed E-state index contributed by atoms with van der Waals surface area (Å²) in [6.07, 6.45) is 4.83. The average molecular weight is 259 g/mol. The van der Waals surface area contributed by atoms with Crippen molar-refractivity contribution in [3.8, 4) is 5.82 Å². The molecule has 0 aliphatic heterocycles. The van der Waals surface area contributed by atoms with Crippen LogP contribution < -0.4 is 5.32 Å². The first-order chi connectivity index (χ1) is 8.92. The zero-order chi connectivity index (χ0) is 12.2. The first-order valence-corrected chi connectivity index (χ1v) is 6.06. The summed E-state index contributed by atoms with van der Waals surface area (Å²) < 4.78 is 5.41. The van der Waals surface area contributed by atoms with Gasteiger partial charge in [-0.05, 0) is 23.7 Å². The number of hydrogen-bond acceptors (Lipinski definition) is 7. The standard InChI is InChI=1S/C10H9N7S/c1-2-10(17-7-11-6-14-17)13-3-8(1)12-4-9-5-18-16-15-9/h1-3,5-7,12H,4H2. The molecule has 0 aromatic carbocycles. The summed E-state index contributed by atoms with van der Waals surface area (Å²) in [7, 11) is 0. The van der Waals surface area contributed by atoms with Gasteiger partial charge >= 0.3 is 0 Å². The van der Waals surface area contributed by atoms with Crippen molar-refractivity contribution in [1.82, 2.24) is 29.3 Å². The highest BCUT2D eigenvalue weighted by Crippen LogP contribution is 2.10. The molecule has 0 radical (unpaired) electrons. The summed E-state index contributed by atoms with van der Waals surface area (Å²) in [5.41, 5.74) is 1.84. The molecule has 0 spiro atoms. The second-order valence-electron chi connectivity index (χ2n) is 3.49. The molecule has 0 unspecified atom stereocenters. The van der Waals surface area contributed by atoms with Crippen molar-refractivity contribution in [3.63, 3.8) is 0 Å². The van der Waals surface area contributed by atoms with Gasteiger partial charge in [-0.15, -0.1) is 5.10 Å². The van der Waals surface area contributed by atoms with Crippen LogP contribution in [0.25, 0.3) is 5.82 Å². The van der Waals surface area contributed by atoms with Crippen molar-refractivity contribution in [2.75, 3.05) is 5.32 Å². The lowest BCUT2D eigenvalue weighted by Crippen LogP contribution is -2.02. The topological polar surface area (TPSA) is 81.4 Å². The van der Waals surface area contributed by atoms with E-state index in [4.69, 9.17) is 0 Å². The maximum atomic E-state index is 4.29. The molecule has 3 aromatic heterocycles. The van der Waals surface area contributed by atoms with Crippen LogP contribution in [0.4, 0.5) is 5.69 Å². The number of nitrogens with one attached hydrogen (secondary N) is 1. The number of anilines is 1. The van der Waals surface area contributed by atoms with Gasteiger partial charge in [0.1, 0.15) is 12.7 Å². The van der Waals surface area contributed by atoms with E-state index in [-0.39, 0.29) is 0 Å². The van der Waals surface area contributed by atoms with Crippen molar-refractivity contribution in [1.29, 1.82) is 0 Å². The third-order valence-electron chi connectivity index (χ3n) is 2.28. The Labute approximate surface area is 107 Å². The molecule has 0 aliphatic rings. The maximum absolute atomic E-state index is 4.29. The van der Waals surface area contributed by atoms with Crippen LogP contribution in [0.1, 0.15) is 5.69 Å². The van der Waals surface area contributed by atoms with Crippen LogP contribution in [0.5, 0.6) is 0 Å². The third-order valence-corrected chi connectivity index (χ3v) is 2.83. The molecule has 18 heavy (non-hydrogen) atoms. The Morgan fingerprint density at radius 1 is 1.33 bits per heavy atom. The summed E-state index contributed by atoms with van der Waals surface area (Å²) in [6.45, 7) is 0.640. The van der Waals surface area contributed by atoms with Crippen LogP contribution in [0.3, 0.4) is 0 Å². The molecule has 1 N–H and O–H groups in total. The molecule has 8 heteroatoms. The van der Waals surface area contributed by atoms with E-state index in [1.54, 1.807) is 17.2 Å². The molecular weight excluding hydrogens is 250 g/mol. The van der Waals surface area contributed by atoms with Gasteiger partial charge in [-0.1, -0.05) is 4.49 Å². The smallest absolute Gasteiger partial charge is 0.155 e. The first-order valence-electron chi connectivity index (χ1n) is 5.23. The highest BCUT2D eigenvalue weighted by molar-refractivity contribution is 7.03. The van der Waals surface area contributed by atoms with Gasteiger partial charge < -0.3 is 5.32 Å². The Balaban J connectivity index is 1.68. The molecule has 0 amide bonds. The van der Waals surface area contributed by atoms with Crippen LogP contribution in [0.2, 0.25) is 0 Å². The molecule has 7 nitrogen and oxygen atoms in total. The summed E-state index contributed by atoms with van der Waals surface area (Å²) >= 11 is 1.34. The van der Waals surface area contributed by atoms with E-state index >= 15 is 0 Å². The maximum Gasteiger partial charge on any atom is 0.155 e. The molecule has 0 saturated carbocycles. The molecule has 3 heterocycles. The number of pyridine rings is 1. The fourth-order valence-corrected chi connectivity index (χ4v) is 1.86. The molecule has 3 aromatic rings. The first kappa shape index (κ1) is 10.8. The Kier molecular flexibility index (Phi) is 2.92. The summed E-state index contributed by atoms with van der Waals surface area (Å²) in [6, 6.07) is 3.81. The van der Waals surface area contributed by atoms with Gasteiger partial charge in [0.25, 0.3) is 0 Å². The van der Waals surface area contributed by atoms with Crippen molar-refractivity contribution in [2.45, 2.75) is 6.54 Å². The summed E-state index contributed by atoms with van der Waals surface area (Å²) in [5.74, 6) is 0.730. The zero-order valence-electron chi connectivity index (χ0n) is 9.26. The Hall–Kier alpha value is -2.35. The van der Waals surface area contributed by atoms with Crippen molar-refractivity contribution in [2.24, 2.45) is 0 Å². The van der Waals surface area contributed by atoms with Gasteiger partial charge in [0.05, 0.1) is 24.1 Å². The van der Waals surface area contributed by atoms with Gasteiger partial charge in [-0.25, -0.2) is 14.6 Å². The third kappa shape index (κ3) is 2.33. The monoisotopic (exact) mass is 259 g/mol. The SMILES string of the molecule is c1ncn(-c2ccc(NCc3csnn3)cn2)n1. The molecule has 0 atom stereocenters. The van der Waals surface area contributed by atoms with Crippen molar-refractivity contribution >= 4 is 17.2 Å². The highest BCUT2D eigenvalue weighted by Gasteiger charge is 2.00. The number of nitrogens with zero attached hydrogens (tertiary/aromatic N) is 6. The number of rotatable bonds is 4. The fraction of sp³-hybridized carbons (Fsp3) is 0.100. The summed E-state index contributed by atoms with van der Waals surface area (Å²) in [4.78, 5) is 8.16.